The molecule has 0 rings (SSSR count). The Balaban J connectivity index is 4.35. The molecule has 0 aromatic heterocycles. The first-order valence-electron chi connectivity index (χ1n) is 3.42. The molecule has 0 heterocycles. The molecule has 0 saturated heterocycles. The van der Waals surface area contributed by atoms with E-state index in [2.05, 4.69) is 23.5 Å². The Kier molecular flexibility index (Phi) is 4.82. The first-order chi connectivity index (χ1) is 5.22. The van der Waals surface area contributed by atoms with E-state index in [-0.39, 0.29) is 0 Å². The molecule has 2 heteroatoms. The third-order valence-corrected chi connectivity index (χ3v) is 1.02. The molecule has 0 aliphatic heterocycles. The number of aliphatic imine (C=N–C) groups is 1. The van der Waals surface area contributed by atoms with E-state index in [4.69, 9.17) is 0 Å². The molecule has 0 unspecified atom stereocenters. The van der Waals surface area contributed by atoms with Crippen molar-refractivity contribution in [2.24, 2.45) is 4.99 Å². The van der Waals surface area contributed by atoms with Crippen LogP contribution in [0.5, 0.6) is 0 Å². The smallest absolute Gasteiger partial charge is 0.128 e. The highest BCUT2D eigenvalue weighted by Crippen LogP contribution is 1.99. The quantitative estimate of drug-likeness (QED) is 0.610. The van der Waals surface area contributed by atoms with Crippen LogP contribution in [0.1, 0.15) is 13.8 Å². The summed E-state index contributed by atoms with van der Waals surface area (Å²) in [5.74, 6) is 0.819. The molecule has 0 amide bonds. The predicted octanol–water partition coefficient (Wildman–Crippen LogP) is 2.23. The Morgan fingerprint density at radius 2 is 2.00 bits per heavy atom. The van der Waals surface area contributed by atoms with E-state index in [1.165, 1.54) is 0 Å². The molecule has 11 heavy (non-hydrogen) atoms. The summed E-state index contributed by atoms with van der Waals surface area (Å²) in [5.41, 5.74) is 1.11. The van der Waals surface area contributed by atoms with E-state index < -0.39 is 0 Å². The Morgan fingerprint density at radius 3 is 2.36 bits per heavy atom. The highest BCUT2D eigenvalue weighted by Gasteiger charge is 1.89. The summed E-state index contributed by atoms with van der Waals surface area (Å²) in [7, 11) is 0. The fraction of sp³-hybridized carbons (Fsp3) is 0.222. The largest absolute Gasteiger partial charge is 0.347 e. The Hall–Kier alpha value is -1.31. The van der Waals surface area contributed by atoms with Crippen LogP contribution in [0.3, 0.4) is 0 Å². The van der Waals surface area contributed by atoms with Crippen LogP contribution < -0.4 is 5.32 Å². The van der Waals surface area contributed by atoms with Gasteiger partial charge in [0.25, 0.3) is 0 Å². The number of rotatable bonds is 4. The molecule has 2 nitrogen and oxygen atoms in total. The summed E-state index contributed by atoms with van der Waals surface area (Å²) in [6.45, 7) is 11.0. The standard InChI is InChI=1S/C9H14N2/c1-5-7-11-9(8(3)4)10-6-2/h5-7,10H,1-2H2,3-4H3/b11-7-. The van der Waals surface area contributed by atoms with Gasteiger partial charge in [0.15, 0.2) is 0 Å². The Labute approximate surface area is 68.0 Å². The lowest BCUT2D eigenvalue weighted by Crippen LogP contribution is -2.03. The number of hydrogen-bond acceptors (Lipinski definition) is 2. The minimum atomic E-state index is 0.819. The summed E-state index contributed by atoms with van der Waals surface area (Å²) in [6, 6.07) is 0. The molecule has 0 fully saturated rings. The highest BCUT2D eigenvalue weighted by molar-refractivity contribution is 5.71. The van der Waals surface area contributed by atoms with Crippen LogP contribution in [0.25, 0.3) is 0 Å². The lowest BCUT2D eigenvalue weighted by Gasteiger charge is -2.01. The first-order valence-corrected chi connectivity index (χ1v) is 3.42. The van der Waals surface area contributed by atoms with E-state index in [9.17, 15) is 0 Å². The number of nitrogens with one attached hydrogen (secondary N) is 1. The van der Waals surface area contributed by atoms with Crippen molar-refractivity contribution < 1.29 is 0 Å². The van der Waals surface area contributed by atoms with E-state index in [0.717, 1.165) is 11.4 Å². The molecule has 0 aliphatic carbocycles. The van der Waals surface area contributed by atoms with E-state index in [1.54, 1.807) is 18.5 Å². The van der Waals surface area contributed by atoms with Crippen molar-refractivity contribution in [3.8, 4) is 0 Å². The predicted molar refractivity (Wildman–Crippen MR) is 50.4 cm³/mol. The van der Waals surface area contributed by atoms with Crippen molar-refractivity contribution in [3.63, 3.8) is 0 Å². The summed E-state index contributed by atoms with van der Waals surface area (Å²) in [6.07, 6.45) is 4.87. The van der Waals surface area contributed by atoms with Gasteiger partial charge >= 0.3 is 0 Å². The minimum absolute atomic E-state index is 0.819. The third-order valence-electron chi connectivity index (χ3n) is 1.02. The van der Waals surface area contributed by atoms with Crippen LogP contribution in [0.2, 0.25) is 0 Å². The van der Waals surface area contributed by atoms with Gasteiger partial charge in [-0.2, -0.15) is 0 Å². The topological polar surface area (TPSA) is 24.4 Å². The van der Waals surface area contributed by atoms with Crippen molar-refractivity contribution in [3.05, 3.63) is 36.8 Å². The lowest BCUT2D eigenvalue weighted by molar-refractivity contribution is 0.993. The maximum absolute atomic E-state index is 4.09. The second kappa shape index (κ2) is 5.47. The SMILES string of the molecule is C=C/C=N\C(NC=C)=C(C)C. The molecule has 0 atom stereocenters. The van der Waals surface area contributed by atoms with Gasteiger partial charge in [0.1, 0.15) is 5.82 Å². The van der Waals surface area contributed by atoms with E-state index >= 15 is 0 Å². The molecule has 0 bridgehead atoms. The summed E-state index contributed by atoms with van der Waals surface area (Å²) in [4.78, 5) is 4.09. The lowest BCUT2D eigenvalue weighted by atomic mass is 10.3. The van der Waals surface area contributed by atoms with Gasteiger partial charge in [-0.15, -0.1) is 0 Å². The van der Waals surface area contributed by atoms with Crippen molar-refractivity contribution in [2.45, 2.75) is 13.8 Å². The van der Waals surface area contributed by atoms with Gasteiger partial charge < -0.3 is 5.32 Å². The van der Waals surface area contributed by atoms with Crippen molar-refractivity contribution >= 4 is 6.21 Å². The molecular formula is C9H14N2. The highest BCUT2D eigenvalue weighted by atomic mass is 15.0. The van der Waals surface area contributed by atoms with Crippen molar-refractivity contribution in [2.75, 3.05) is 0 Å². The van der Waals surface area contributed by atoms with Gasteiger partial charge in [-0.3, -0.25) is 0 Å². The molecule has 0 aliphatic rings. The van der Waals surface area contributed by atoms with Gasteiger partial charge in [-0.25, -0.2) is 4.99 Å². The Morgan fingerprint density at radius 1 is 1.36 bits per heavy atom. The minimum Gasteiger partial charge on any atom is -0.347 e. The zero-order valence-corrected chi connectivity index (χ0v) is 7.09. The average molecular weight is 150 g/mol. The van der Waals surface area contributed by atoms with Gasteiger partial charge in [0.2, 0.25) is 0 Å². The van der Waals surface area contributed by atoms with Gasteiger partial charge in [-0.1, -0.05) is 19.2 Å². The maximum atomic E-state index is 4.09. The normalized spacial score (nSPS) is 9.27. The summed E-state index contributed by atoms with van der Waals surface area (Å²) in [5, 5.41) is 2.91. The van der Waals surface area contributed by atoms with E-state index in [1.807, 2.05) is 13.8 Å². The van der Waals surface area contributed by atoms with Crippen LogP contribution in [-0.2, 0) is 0 Å². The summed E-state index contributed by atoms with van der Waals surface area (Å²) >= 11 is 0. The molecule has 0 radical (unpaired) electrons. The van der Waals surface area contributed by atoms with Crippen LogP contribution in [0.15, 0.2) is 41.8 Å². The van der Waals surface area contributed by atoms with E-state index in [0.29, 0.717) is 0 Å². The second-order valence-electron chi connectivity index (χ2n) is 2.21. The fourth-order valence-electron chi connectivity index (χ4n) is 0.535. The number of allylic oxidation sites excluding steroid dienone is 2. The van der Waals surface area contributed by atoms with Crippen LogP contribution in [0.4, 0.5) is 0 Å². The molecule has 0 saturated carbocycles. The molecule has 1 N–H and O–H groups in total. The molecule has 0 aromatic carbocycles. The molecule has 0 aromatic rings. The Bertz CT molecular complexity index is 196. The number of hydrogen-bond donors (Lipinski definition) is 1. The molecular weight excluding hydrogens is 136 g/mol. The van der Waals surface area contributed by atoms with Crippen LogP contribution in [-0.4, -0.2) is 6.21 Å². The van der Waals surface area contributed by atoms with Crippen LogP contribution in [0, 0.1) is 0 Å². The first kappa shape index (κ1) is 9.69. The molecule has 0 spiro atoms. The maximum Gasteiger partial charge on any atom is 0.128 e. The van der Waals surface area contributed by atoms with Crippen molar-refractivity contribution in [1.82, 2.24) is 5.32 Å². The van der Waals surface area contributed by atoms with Crippen LogP contribution >= 0.6 is 0 Å². The monoisotopic (exact) mass is 150 g/mol. The third kappa shape index (κ3) is 4.14. The zero-order chi connectivity index (χ0) is 8.69. The fourth-order valence-corrected chi connectivity index (χ4v) is 0.535. The summed E-state index contributed by atoms with van der Waals surface area (Å²) < 4.78 is 0. The average Bonchev–Trinajstić information content (AvgIpc) is 1.97. The van der Waals surface area contributed by atoms with Gasteiger partial charge in [0, 0.05) is 6.21 Å². The second-order valence-corrected chi connectivity index (χ2v) is 2.21. The number of nitrogens with zero attached hydrogens (tertiary/aromatic N) is 1. The van der Waals surface area contributed by atoms with Gasteiger partial charge in [0.05, 0.1) is 0 Å². The zero-order valence-electron chi connectivity index (χ0n) is 7.09. The molecule has 60 valence electrons. The van der Waals surface area contributed by atoms with Gasteiger partial charge in [-0.05, 0) is 25.6 Å². The van der Waals surface area contributed by atoms with Crippen molar-refractivity contribution in [1.29, 1.82) is 0 Å².